The summed E-state index contributed by atoms with van der Waals surface area (Å²) in [6, 6.07) is 13.5. The van der Waals surface area contributed by atoms with E-state index >= 15 is 0 Å². The van der Waals surface area contributed by atoms with Crippen molar-refractivity contribution in [1.82, 2.24) is 0 Å². The minimum absolute atomic E-state index is 0.317. The molecule has 0 saturated carbocycles. The van der Waals surface area contributed by atoms with Crippen molar-refractivity contribution in [2.45, 2.75) is 0 Å². The van der Waals surface area contributed by atoms with Crippen LogP contribution in [0.15, 0.2) is 54.6 Å². The van der Waals surface area contributed by atoms with E-state index in [0.29, 0.717) is 21.7 Å². The zero-order valence-corrected chi connectivity index (χ0v) is 12.2. The molecule has 0 heterocycles. The van der Waals surface area contributed by atoms with Crippen LogP contribution in [-0.2, 0) is 4.79 Å². The van der Waals surface area contributed by atoms with E-state index in [1.165, 1.54) is 12.2 Å². The van der Waals surface area contributed by atoms with Crippen LogP contribution in [-0.4, -0.2) is 17.3 Å². The molecule has 0 radical (unpaired) electrons. The van der Waals surface area contributed by atoms with Gasteiger partial charge in [-0.2, -0.15) is 0 Å². The lowest BCUT2D eigenvalue weighted by molar-refractivity contribution is -0.115. The second kappa shape index (κ2) is 5.70. The van der Waals surface area contributed by atoms with Gasteiger partial charge >= 0.3 is 0 Å². The van der Waals surface area contributed by atoms with E-state index in [1.807, 2.05) is 0 Å². The fraction of sp³-hybridized carbons (Fsp3) is 0.0556. The Morgan fingerprint density at radius 2 is 1.45 bits per heavy atom. The number of carbonyl (C=O) groups excluding carboxylic acids is 3. The smallest absolute Gasteiger partial charge is 0.182 e. The Bertz CT molecular complexity index is 786. The summed E-state index contributed by atoms with van der Waals surface area (Å²) in [5, 5.41) is 0.499. The molecule has 0 N–H and O–H groups in total. The molecule has 0 amide bonds. The van der Waals surface area contributed by atoms with E-state index in [4.69, 9.17) is 11.6 Å². The molecule has 0 bridgehead atoms. The predicted octanol–water partition coefficient (Wildman–Crippen LogP) is 3.62. The molecule has 3 nitrogen and oxygen atoms in total. The average molecular weight is 311 g/mol. The summed E-state index contributed by atoms with van der Waals surface area (Å²) in [5.74, 6) is -2.66. The monoisotopic (exact) mass is 310 g/mol. The molecule has 0 aromatic heterocycles. The number of hydrogen-bond acceptors (Lipinski definition) is 3. The van der Waals surface area contributed by atoms with Gasteiger partial charge in [-0.3, -0.25) is 14.4 Å². The Hall–Kier alpha value is -2.52. The van der Waals surface area contributed by atoms with Gasteiger partial charge in [-0.15, -0.1) is 0 Å². The van der Waals surface area contributed by atoms with Crippen LogP contribution in [0.3, 0.4) is 0 Å². The Kier molecular flexibility index (Phi) is 3.73. The fourth-order valence-corrected chi connectivity index (χ4v) is 2.68. The number of benzene rings is 2. The predicted molar refractivity (Wildman–Crippen MR) is 84.1 cm³/mol. The first kappa shape index (κ1) is 14.4. The summed E-state index contributed by atoms with van der Waals surface area (Å²) in [6.45, 7) is 0. The maximum absolute atomic E-state index is 12.2. The molecular formula is C18H11ClO3. The van der Waals surface area contributed by atoms with Crippen LogP contribution in [0.1, 0.15) is 26.3 Å². The fourth-order valence-electron chi connectivity index (χ4n) is 2.48. The lowest BCUT2D eigenvalue weighted by Gasteiger charge is -2.02. The van der Waals surface area contributed by atoms with E-state index in [0.717, 1.165) is 0 Å². The zero-order chi connectivity index (χ0) is 15.7. The number of hydrogen-bond donors (Lipinski definition) is 0. The maximum Gasteiger partial charge on any atom is 0.182 e. The Morgan fingerprint density at radius 3 is 2.05 bits per heavy atom. The van der Waals surface area contributed by atoms with Gasteiger partial charge in [-0.1, -0.05) is 54.1 Å². The highest BCUT2D eigenvalue weighted by Crippen LogP contribution is 2.28. The van der Waals surface area contributed by atoms with Crippen molar-refractivity contribution >= 4 is 35.0 Å². The van der Waals surface area contributed by atoms with Crippen molar-refractivity contribution in [2.75, 3.05) is 0 Å². The lowest BCUT2D eigenvalue weighted by atomic mass is 9.97. The van der Waals surface area contributed by atoms with Crippen LogP contribution < -0.4 is 0 Å². The van der Waals surface area contributed by atoms with Crippen molar-refractivity contribution in [2.24, 2.45) is 5.92 Å². The SMILES string of the molecule is O=C(/C=C/c1ccccc1Cl)C1C(=O)c2ccccc2C1=O. The van der Waals surface area contributed by atoms with Gasteiger partial charge in [0.2, 0.25) is 0 Å². The van der Waals surface area contributed by atoms with E-state index in [-0.39, 0.29) is 0 Å². The summed E-state index contributed by atoms with van der Waals surface area (Å²) in [4.78, 5) is 36.7. The third kappa shape index (κ3) is 2.40. The standard InChI is InChI=1S/C18H11ClO3/c19-14-8-4-1-5-11(14)9-10-15(20)16-17(21)12-6-2-3-7-13(12)18(16)22/h1-10,16H/b10-9+. The van der Waals surface area contributed by atoms with Crippen molar-refractivity contribution in [1.29, 1.82) is 0 Å². The molecule has 4 heteroatoms. The zero-order valence-electron chi connectivity index (χ0n) is 11.5. The third-order valence-corrected chi connectivity index (χ3v) is 3.94. The average Bonchev–Trinajstić information content (AvgIpc) is 2.78. The molecule has 0 saturated heterocycles. The number of carbonyl (C=O) groups is 3. The van der Waals surface area contributed by atoms with Crippen LogP contribution in [0.5, 0.6) is 0 Å². The van der Waals surface area contributed by atoms with Crippen molar-refractivity contribution in [3.63, 3.8) is 0 Å². The molecule has 0 aliphatic heterocycles. The van der Waals surface area contributed by atoms with Gasteiger partial charge in [0.15, 0.2) is 17.3 Å². The first-order chi connectivity index (χ1) is 10.6. The molecule has 0 spiro atoms. The molecule has 2 aromatic carbocycles. The van der Waals surface area contributed by atoms with Crippen LogP contribution in [0.2, 0.25) is 5.02 Å². The van der Waals surface area contributed by atoms with E-state index in [9.17, 15) is 14.4 Å². The number of Topliss-reactive ketones (excluding diaryl/α,β-unsaturated/α-hetero) is 2. The van der Waals surface area contributed by atoms with Crippen LogP contribution in [0.25, 0.3) is 6.08 Å². The first-order valence-electron chi connectivity index (χ1n) is 6.73. The van der Waals surface area contributed by atoms with Gasteiger partial charge in [0.25, 0.3) is 0 Å². The van der Waals surface area contributed by atoms with Gasteiger partial charge in [-0.05, 0) is 23.8 Å². The Labute approximate surface area is 132 Å². The van der Waals surface area contributed by atoms with E-state index < -0.39 is 23.3 Å². The molecule has 2 aromatic rings. The van der Waals surface area contributed by atoms with Gasteiger partial charge in [-0.25, -0.2) is 0 Å². The summed E-state index contributed by atoms with van der Waals surface area (Å²) in [7, 11) is 0. The number of halogens is 1. The van der Waals surface area contributed by atoms with Gasteiger partial charge in [0.05, 0.1) is 0 Å². The maximum atomic E-state index is 12.2. The summed E-state index contributed by atoms with van der Waals surface area (Å²) < 4.78 is 0. The largest absolute Gasteiger partial charge is 0.294 e. The first-order valence-corrected chi connectivity index (χ1v) is 7.11. The van der Waals surface area contributed by atoms with Crippen LogP contribution >= 0.6 is 11.6 Å². The summed E-state index contributed by atoms with van der Waals surface area (Å²) in [5.41, 5.74) is 1.29. The quantitative estimate of drug-likeness (QED) is 0.642. The molecule has 0 unspecified atom stereocenters. The van der Waals surface area contributed by atoms with Crippen LogP contribution in [0.4, 0.5) is 0 Å². The second-order valence-electron chi connectivity index (χ2n) is 4.96. The normalized spacial score (nSPS) is 14.6. The van der Waals surface area contributed by atoms with E-state index in [2.05, 4.69) is 0 Å². The molecule has 22 heavy (non-hydrogen) atoms. The second-order valence-corrected chi connectivity index (χ2v) is 5.37. The Morgan fingerprint density at radius 1 is 0.909 bits per heavy atom. The van der Waals surface area contributed by atoms with Gasteiger partial charge < -0.3 is 0 Å². The number of ketones is 3. The molecule has 0 fully saturated rings. The number of allylic oxidation sites excluding steroid dienone is 1. The van der Waals surface area contributed by atoms with Crippen LogP contribution in [0, 0.1) is 5.92 Å². The molecular weight excluding hydrogens is 300 g/mol. The number of fused-ring (bicyclic) bond motifs is 1. The minimum atomic E-state index is -1.27. The Balaban J connectivity index is 1.87. The highest BCUT2D eigenvalue weighted by molar-refractivity contribution is 6.37. The highest BCUT2D eigenvalue weighted by atomic mass is 35.5. The van der Waals surface area contributed by atoms with Gasteiger partial charge in [0.1, 0.15) is 5.92 Å². The highest BCUT2D eigenvalue weighted by Gasteiger charge is 2.41. The third-order valence-electron chi connectivity index (χ3n) is 3.60. The lowest BCUT2D eigenvalue weighted by Crippen LogP contribution is -2.23. The summed E-state index contributed by atoms with van der Waals surface area (Å²) >= 11 is 6.00. The van der Waals surface area contributed by atoms with Gasteiger partial charge in [0, 0.05) is 16.1 Å². The number of rotatable bonds is 3. The minimum Gasteiger partial charge on any atom is -0.294 e. The molecule has 108 valence electrons. The molecule has 3 rings (SSSR count). The van der Waals surface area contributed by atoms with Crippen molar-refractivity contribution in [3.8, 4) is 0 Å². The van der Waals surface area contributed by atoms with E-state index in [1.54, 1.807) is 48.5 Å². The molecule has 1 aliphatic carbocycles. The van der Waals surface area contributed by atoms with Crippen molar-refractivity contribution < 1.29 is 14.4 Å². The topological polar surface area (TPSA) is 51.2 Å². The molecule has 0 atom stereocenters. The molecule has 1 aliphatic rings. The van der Waals surface area contributed by atoms with Crippen molar-refractivity contribution in [3.05, 3.63) is 76.3 Å². The summed E-state index contributed by atoms with van der Waals surface area (Å²) in [6.07, 6.45) is 2.77.